The highest BCUT2D eigenvalue weighted by atomic mass is 16.3. The van der Waals surface area contributed by atoms with E-state index in [2.05, 4.69) is 10.1 Å². The Bertz CT molecular complexity index is 433. The molecule has 17 heavy (non-hydrogen) atoms. The van der Waals surface area contributed by atoms with Crippen molar-refractivity contribution >= 4 is 17.2 Å². The van der Waals surface area contributed by atoms with Gasteiger partial charge in [0.2, 0.25) is 0 Å². The molecule has 1 saturated heterocycles. The van der Waals surface area contributed by atoms with Crippen molar-refractivity contribution in [1.82, 2.24) is 0 Å². The lowest BCUT2D eigenvalue weighted by atomic mass is 10.1. The molecule has 0 saturated carbocycles. The van der Waals surface area contributed by atoms with Crippen molar-refractivity contribution in [2.24, 2.45) is 5.18 Å². The second-order valence-corrected chi connectivity index (χ2v) is 4.28. The molecular formula is C13H16N2O2. The number of anilines is 1. The minimum atomic E-state index is 0.336. The molecule has 0 aromatic heterocycles. The van der Waals surface area contributed by atoms with Crippen molar-refractivity contribution in [3.63, 3.8) is 0 Å². The summed E-state index contributed by atoms with van der Waals surface area (Å²) in [6.45, 7) is 3.55. The summed E-state index contributed by atoms with van der Waals surface area (Å²) < 4.78 is 0. The van der Waals surface area contributed by atoms with Gasteiger partial charge in [0.15, 0.2) is 0 Å². The number of nitroso groups, excluding NO2 is 1. The van der Waals surface area contributed by atoms with Crippen molar-refractivity contribution in [3.8, 4) is 0 Å². The number of rotatable bonds is 3. The highest BCUT2D eigenvalue weighted by Gasteiger charge is 2.17. The molecule has 1 aromatic carbocycles. The number of Topliss-reactive ketones (excluding diaryl/α,β-unsaturated/α-hetero) is 1. The van der Waals surface area contributed by atoms with Crippen LogP contribution in [0.5, 0.6) is 0 Å². The van der Waals surface area contributed by atoms with Crippen molar-refractivity contribution < 1.29 is 4.79 Å². The van der Waals surface area contributed by atoms with Crippen LogP contribution in [-0.4, -0.2) is 18.9 Å². The van der Waals surface area contributed by atoms with Gasteiger partial charge in [0, 0.05) is 31.6 Å². The molecule has 0 bridgehead atoms. The van der Waals surface area contributed by atoms with Gasteiger partial charge in [-0.1, -0.05) is 6.92 Å². The molecule has 1 fully saturated rings. The summed E-state index contributed by atoms with van der Waals surface area (Å²) in [5.74, 6) is 0.336. The smallest absolute Gasteiger partial charge is 0.136 e. The van der Waals surface area contributed by atoms with Gasteiger partial charge in [0.1, 0.15) is 11.5 Å². The molecule has 1 aromatic rings. The van der Waals surface area contributed by atoms with Gasteiger partial charge in [0.25, 0.3) is 0 Å². The molecule has 1 aliphatic heterocycles. The number of aryl methyl sites for hydroxylation is 1. The molecular weight excluding hydrogens is 216 g/mol. The molecule has 4 heteroatoms. The zero-order valence-corrected chi connectivity index (χ0v) is 9.98. The van der Waals surface area contributed by atoms with Crippen LogP contribution < -0.4 is 4.90 Å². The minimum Gasteiger partial charge on any atom is -0.371 e. The van der Waals surface area contributed by atoms with Gasteiger partial charge in [-0.2, -0.15) is 0 Å². The lowest BCUT2D eigenvalue weighted by Gasteiger charge is -2.28. The SMILES string of the molecule is CCc1cc(N2CCC(=O)CC2)ccc1N=O. The fourth-order valence-corrected chi connectivity index (χ4v) is 2.16. The predicted molar refractivity (Wildman–Crippen MR) is 67.7 cm³/mol. The van der Waals surface area contributed by atoms with Crippen molar-refractivity contribution in [2.45, 2.75) is 26.2 Å². The van der Waals surface area contributed by atoms with Crippen LogP contribution in [0.25, 0.3) is 0 Å². The van der Waals surface area contributed by atoms with Gasteiger partial charge in [-0.3, -0.25) is 4.79 Å². The maximum atomic E-state index is 11.2. The fraction of sp³-hybridized carbons (Fsp3) is 0.462. The van der Waals surface area contributed by atoms with E-state index in [1.165, 1.54) is 0 Å². The van der Waals surface area contributed by atoms with Crippen molar-refractivity contribution in [2.75, 3.05) is 18.0 Å². The molecule has 1 heterocycles. The summed E-state index contributed by atoms with van der Waals surface area (Å²) in [6, 6.07) is 5.68. The van der Waals surface area contributed by atoms with Crippen LogP contribution in [0.15, 0.2) is 23.4 Å². The van der Waals surface area contributed by atoms with Crippen LogP contribution in [0.3, 0.4) is 0 Å². The van der Waals surface area contributed by atoms with Gasteiger partial charge in [-0.05, 0) is 35.4 Å². The van der Waals surface area contributed by atoms with Crippen LogP contribution in [-0.2, 0) is 11.2 Å². The van der Waals surface area contributed by atoms with Crippen molar-refractivity contribution in [3.05, 3.63) is 28.7 Å². The van der Waals surface area contributed by atoms with E-state index in [9.17, 15) is 9.70 Å². The molecule has 0 radical (unpaired) electrons. The van der Waals surface area contributed by atoms with Gasteiger partial charge >= 0.3 is 0 Å². The number of hydrogen-bond acceptors (Lipinski definition) is 4. The molecule has 0 spiro atoms. The minimum absolute atomic E-state index is 0.336. The monoisotopic (exact) mass is 232 g/mol. The largest absolute Gasteiger partial charge is 0.371 e. The Kier molecular flexibility index (Phi) is 3.52. The third kappa shape index (κ3) is 2.52. The lowest BCUT2D eigenvalue weighted by Crippen LogP contribution is -2.33. The molecule has 0 atom stereocenters. The van der Waals surface area contributed by atoms with E-state index in [1.807, 2.05) is 19.1 Å². The topological polar surface area (TPSA) is 49.7 Å². The molecule has 90 valence electrons. The summed E-state index contributed by atoms with van der Waals surface area (Å²) in [6.07, 6.45) is 2.03. The van der Waals surface area contributed by atoms with Gasteiger partial charge in [-0.15, -0.1) is 4.91 Å². The van der Waals surface area contributed by atoms with E-state index in [0.29, 0.717) is 24.3 Å². The Balaban J connectivity index is 2.21. The molecule has 0 N–H and O–H groups in total. The number of benzene rings is 1. The van der Waals surface area contributed by atoms with Gasteiger partial charge in [0.05, 0.1) is 0 Å². The van der Waals surface area contributed by atoms with Crippen molar-refractivity contribution in [1.29, 1.82) is 0 Å². The molecule has 2 rings (SSSR count). The first-order chi connectivity index (χ1) is 8.24. The second-order valence-electron chi connectivity index (χ2n) is 4.28. The first-order valence-corrected chi connectivity index (χ1v) is 5.97. The summed E-state index contributed by atoms with van der Waals surface area (Å²) in [5, 5.41) is 3.02. The zero-order chi connectivity index (χ0) is 12.3. The first-order valence-electron chi connectivity index (χ1n) is 5.97. The molecule has 0 aliphatic carbocycles. The van der Waals surface area contributed by atoms with Crippen LogP contribution in [0.1, 0.15) is 25.3 Å². The number of piperidine rings is 1. The normalized spacial score (nSPS) is 16.1. The molecule has 0 unspecified atom stereocenters. The standard InChI is InChI=1S/C13H16N2O2/c1-2-10-9-11(3-4-13(10)14-17)15-7-5-12(16)6-8-15/h3-4,9H,2,5-8H2,1H3. The third-order valence-electron chi connectivity index (χ3n) is 3.23. The number of nitrogens with zero attached hydrogens (tertiary/aromatic N) is 2. The van der Waals surface area contributed by atoms with E-state index in [4.69, 9.17) is 0 Å². The Morgan fingerprint density at radius 2 is 2.00 bits per heavy atom. The predicted octanol–water partition coefficient (Wildman–Crippen LogP) is 2.82. The second kappa shape index (κ2) is 5.08. The number of carbonyl (C=O) groups is 1. The van der Waals surface area contributed by atoms with Crippen LogP contribution in [0.2, 0.25) is 0 Å². The molecule has 4 nitrogen and oxygen atoms in total. The van der Waals surface area contributed by atoms with E-state index < -0.39 is 0 Å². The number of ketones is 1. The van der Waals surface area contributed by atoms with Crippen LogP contribution in [0, 0.1) is 4.91 Å². The van der Waals surface area contributed by atoms with E-state index in [1.54, 1.807) is 6.07 Å². The summed E-state index contributed by atoms with van der Waals surface area (Å²) in [5.41, 5.74) is 2.57. The van der Waals surface area contributed by atoms with Gasteiger partial charge in [-0.25, -0.2) is 0 Å². The van der Waals surface area contributed by atoms with E-state index in [0.717, 1.165) is 30.8 Å². The van der Waals surface area contributed by atoms with E-state index >= 15 is 0 Å². The zero-order valence-electron chi connectivity index (χ0n) is 9.98. The average Bonchev–Trinajstić information content (AvgIpc) is 2.39. The average molecular weight is 232 g/mol. The quantitative estimate of drug-likeness (QED) is 0.753. The van der Waals surface area contributed by atoms with Crippen LogP contribution in [0.4, 0.5) is 11.4 Å². The highest BCUT2D eigenvalue weighted by Crippen LogP contribution is 2.27. The number of carbonyl (C=O) groups excluding carboxylic acids is 1. The Morgan fingerprint density at radius 3 is 2.59 bits per heavy atom. The maximum absolute atomic E-state index is 11.2. The lowest BCUT2D eigenvalue weighted by molar-refractivity contribution is -0.119. The van der Waals surface area contributed by atoms with Gasteiger partial charge < -0.3 is 4.90 Å². The molecule has 0 amide bonds. The summed E-state index contributed by atoms with van der Waals surface area (Å²) in [7, 11) is 0. The Labute approximate surface area is 101 Å². The highest BCUT2D eigenvalue weighted by molar-refractivity contribution is 5.81. The third-order valence-corrected chi connectivity index (χ3v) is 3.23. The Morgan fingerprint density at radius 1 is 1.29 bits per heavy atom. The fourth-order valence-electron chi connectivity index (χ4n) is 2.16. The van der Waals surface area contributed by atoms with E-state index in [-0.39, 0.29) is 0 Å². The summed E-state index contributed by atoms with van der Waals surface area (Å²) in [4.78, 5) is 24.0. The maximum Gasteiger partial charge on any atom is 0.136 e. The first kappa shape index (κ1) is 11.8. The number of hydrogen-bond donors (Lipinski definition) is 0. The summed E-state index contributed by atoms with van der Waals surface area (Å²) >= 11 is 0. The Hall–Kier alpha value is -1.71. The molecule has 1 aliphatic rings. The van der Waals surface area contributed by atoms with Crippen LogP contribution >= 0.6 is 0 Å².